The lowest BCUT2D eigenvalue weighted by Crippen LogP contribution is -2.57. The summed E-state index contributed by atoms with van der Waals surface area (Å²) < 4.78 is 38.7. The van der Waals surface area contributed by atoms with Crippen LogP contribution in [0, 0.1) is 5.41 Å². The normalized spacial score (nSPS) is 16.1. The van der Waals surface area contributed by atoms with Gasteiger partial charge in [-0.3, -0.25) is 9.36 Å². The highest BCUT2D eigenvalue weighted by Crippen LogP contribution is 2.34. The number of carbonyl (C=O) groups is 1. The van der Waals surface area contributed by atoms with Crippen molar-refractivity contribution in [2.45, 2.75) is 26.1 Å². The molecule has 1 fully saturated rings. The van der Waals surface area contributed by atoms with Crippen molar-refractivity contribution in [2.24, 2.45) is 5.41 Å². The second-order valence-corrected chi connectivity index (χ2v) is 8.00. The first-order valence-electron chi connectivity index (χ1n) is 9.26. The Morgan fingerprint density at radius 3 is 2.48 bits per heavy atom. The number of alkyl halides is 3. The molecule has 0 spiro atoms. The summed E-state index contributed by atoms with van der Waals surface area (Å²) >= 11 is 0. The summed E-state index contributed by atoms with van der Waals surface area (Å²) in [6, 6.07) is 14.4. The zero-order valence-corrected chi connectivity index (χ0v) is 15.8. The third-order valence-electron chi connectivity index (χ3n) is 5.26. The van der Waals surface area contributed by atoms with Gasteiger partial charge in [-0.05, 0) is 30.2 Å². The lowest BCUT2D eigenvalue weighted by Gasteiger charge is -2.48. The number of benzene rings is 2. The number of likely N-dealkylation sites (tertiary alicyclic amines) is 1. The lowest BCUT2D eigenvalue weighted by molar-refractivity contribution is -0.140. The molecule has 1 amide bonds. The standard InChI is InChI=1S/C21H20F3N3O2/c1-20(10-14-5-3-2-4-6-14)11-26(12-20)18(28)15-7-8-17-16(9-15)25-19(29)27(17)13-21(22,23)24/h2-9H,10-13H2,1H3,(H,25,29). The summed E-state index contributed by atoms with van der Waals surface area (Å²) in [5, 5.41) is 0. The number of aromatic nitrogens is 2. The van der Waals surface area contributed by atoms with E-state index in [0.717, 1.165) is 6.42 Å². The fraction of sp³-hybridized carbons (Fsp3) is 0.333. The topological polar surface area (TPSA) is 58.1 Å². The largest absolute Gasteiger partial charge is 0.406 e. The molecule has 0 radical (unpaired) electrons. The molecule has 2 aromatic carbocycles. The Labute approximate surface area is 164 Å². The maximum absolute atomic E-state index is 12.8. The van der Waals surface area contributed by atoms with Crippen molar-refractivity contribution < 1.29 is 18.0 Å². The lowest BCUT2D eigenvalue weighted by atomic mass is 9.76. The van der Waals surface area contributed by atoms with Gasteiger partial charge in [-0.2, -0.15) is 13.2 Å². The van der Waals surface area contributed by atoms with E-state index in [1.807, 2.05) is 18.2 Å². The van der Waals surface area contributed by atoms with Crippen LogP contribution in [-0.4, -0.2) is 39.6 Å². The predicted molar refractivity (Wildman–Crippen MR) is 103 cm³/mol. The van der Waals surface area contributed by atoms with Gasteiger partial charge in [0.2, 0.25) is 0 Å². The molecule has 0 aliphatic carbocycles. The molecule has 1 aliphatic heterocycles. The molecule has 0 saturated carbocycles. The summed E-state index contributed by atoms with van der Waals surface area (Å²) in [7, 11) is 0. The Morgan fingerprint density at radius 1 is 1.14 bits per heavy atom. The number of fused-ring (bicyclic) bond motifs is 1. The SMILES string of the molecule is CC1(Cc2ccccc2)CN(C(=O)c2ccc3c(c2)[nH]c(=O)n3CC(F)(F)F)C1. The Hall–Kier alpha value is -3.03. The third kappa shape index (κ3) is 3.92. The zero-order valence-electron chi connectivity index (χ0n) is 15.8. The van der Waals surface area contributed by atoms with Crippen molar-refractivity contribution in [3.05, 3.63) is 70.1 Å². The summed E-state index contributed by atoms with van der Waals surface area (Å²) in [6.07, 6.45) is -3.64. The molecule has 4 rings (SSSR count). The monoisotopic (exact) mass is 403 g/mol. The van der Waals surface area contributed by atoms with Gasteiger partial charge in [-0.15, -0.1) is 0 Å². The second-order valence-electron chi connectivity index (χ2n) is 8.00. The molecule has 5 nitrogen and oxygen atoms in total. The van der Waals surface area contributed by atoms with Crippen molar-refractivity contribution in [1.29, 1.82) is 0 Å². The van der Waals surface area contributed by atoms with E-state index in [1.54, 1.807) is 4.90 Å². The maximum Gasteiger partial charge on any atom is 0.406 e. The minimum atomic E-state index is -4.51. The summed E-state index contributed by atoms with van der Waals surface area (Å²) in [5.74, 6) is -0.193. The maximum atomic E-state index is 12.8. The molecule has 0 atom stereocenters. The Morgan fingerprint density at radius 2 is 1.83 bits per heavy atom. The first-order chi connectivity index (χ1) is 13.6. The van der Waals surface area contributed by atoms with Crippen LogP contribution < -0.4 is 5.69 Å². The molecule has 152 valence electrons. The average molecular weight is 403 g/mol. The molecular formula is C21H20F3N3O2. The molecule has 2 heterocycles. The van der Waals surface area contributed by atoms with Crippen LogP contribution in [0.3, 0.4) is 0 Å². The number of amides is 1. The van der Waals surface area contributed by atoms with Crippen molar-refractivity contribution in [3.8, 4) is 0 Å². The first-order valence-corrected chi connectivity index (χ1v) is 9.26. The van der Waals surface area contributed by atoms with Crippen LogP contribution in [0.25, 0.3) is 11.0 Å². The van der Waals surface area contributed by atoms with Gasteiger partial charge in [-0.1, -0.05) is 37.3 Å². The van der Waals surface area contributed by atoms with E-state index in [2.05, 4.69) is 24.0 Å². The van der Waals surface area contributed by atoms with E-state index in [-0.39, 0.29) is 22.4 Å². The van der Waals surface area contributed by atoms with Crippen molar-refractivity contribution in [2.75, 3.05) is 13.1 Å². The summed E-state index contributed by atoms with van der Waals surface area (Å²) in [5.41, 5.74) is 1.05. The van der Waals surface area contributed by atoms with E-state index < -0.39 is 18.4 Å². The van der Waals surface area contributed by atoms with Crippen LogP contribution in [-0.2, 0) is 13.0 Å². The van der Waals surface area contributed by atoms with E-state index in [1.165, 1.54) is 23.8 Å². The van der Waals surface area contributed by atoms with Gasteiger partial charge in [0.05, 0.1) is 11.0 Å². The predicted octanol–water partition coefficient (Wildman–Crippen LogP) is 3.60. The summed E-state index contributed by atoms with van der Waals surface area (Å²) in [4.78, 5) is 28.8. The number of carbonyl (C=O) groups excluding carboxylic acids is 1. The van der Waals surface area contributed by atoms with E-state index >= 15 is 0 Å². The number of hydrogen-bond acceptors (Lipinski definition) is 2. The molecule has 29 heavy (non-hydrogen) atoms. The number of aromatic amines is 1. The second kappa shape index (κ2) is 6.79. The number of nitrogens with one attached hydrogen (secondary N) is 1. The Bertz CT molecular complexity index is 1110. The fourth-order valence-electron chi connectivity index (χ4n) is 4.03. The van der Waals surface area contributed by atoms with Crippen LogP contribution in [0.5, 0.6) is 0 Å². The quantitative estimate of drug-likeness (QED) is 0.724. The van der Waals surface area contributed by atoms with Crippen LogP contribution >= 0.6 is 0 Å². The van der Waals surface area contributed by atoms with Crippen molar-refractivity contribution in [3.63, 3.8) is 0 Å². The van der Waals surface area contributed by atoms with E-state index in [9.17, 15) is 22.8 Å². The molecule has 0 unspecified atom stereocenters. The highest BCUT2D eigenvalue weighted by atomic mass is 19.4. The van der Waals surface area contributed by atoms with Gasteiger partial charge >= 0.3 is 11.9 Å². The number of imidazole rings is 1. The molecular weight excluding hydrogens is 383 g/mol. The molecule has 8 heteroatoms. The average Bonchev–Trinajstić information content (AvgIpc) is 2.93. The minimum Gasteiger partial charge on any atom is -0.337 e. The number of hydrogen-bond donors (Lipinski definition) is 1. The van der Waals surface area contributed by atoms with Gasteiger partial charge in [-0.25, -0.2) is 4.79 Å². The van der Waals surface area contributed by atoms with Crippen molar-refractivity contribution >= 4 is 16.9 Å². The Balaban J connectivity index is 1.49. The highest BCUT2D eigenvalue weighted by molar-refractivity contribution is 5.97. The first kappa shape index (κ1) is 19.3. The van der Waals surface area contributed by atoms with Gasteiger partial charge < -0.3 is 9.88 Å². The van der Waals surface area contributed by atoms with Gasteiger partial charge in [0.15, 0.2) is 0 Å². The van der Waals surface area contributed by atoms with Gasteiger partial charge in [0.25, 0.3) is 5.91 Å². The minimum absolute atomic E-state index is 0.00847. The molecule has 0 bridgehead atoms. The van der Waals surface area contributed by atoms with E-state index in [4.69, 9.17) is 0 Å². The fourth-order valence-corrected chi connectivity index (χ4v) is 4.03. The third-order valence-corrected chi connectivity index (χ3v) is 5.26. The van der Waals surface area contributed by atoms with Gasteiger partial charge in [0.1, 0.15) is 6.54 Å². The molecule has 3 aromatic rings. The number of rotatable bonds is 4. The van der Waals surface area contributed by atoms with Gasteiger partial charge in [0, 0.05) is 24.1 Å². The Kier molecular flexibility index (Phi) is 4.52. The van der Waals surface area contributed by atoms with Crippen LogP contribution in [0.15, 0.2) is 53.3 Å². The zero-order chi connectivity index (χ0) is 20.8. The summed E-state index contributed by atoms with van der Waals surface area (Å²) in [6.45, 7) is 1.96. The molecule has 1 aliphatic rings. The van der Waals surface area contributed by atoms with Crippen molar-refractivity contribution in [1.82, 2.24) is 14.5 Å². The van der Waals surface area contributed by atoms with E-state index in [0.29, 0.717) is 23.2 Å². The molecule has 1 N–H and O–H groups in total. The molecule has 1 aromatic heterocycles. The van der Waals surface area contributed by atoms with Crippen LogP contribution in [0.2, 0.25) is 0 Å². The number of nitrogens with zero attached hydrogens (tertiary/aromatic N) is 2. The van der Waals surface area contributed by atoms with Crippen LogP contribution in [0.1, 0.15) is 22.8 Å². The highest BCUT2D eigenvalue weighted by Gasteiger charge is 2.41. The number of H-pyrrole nitrogens is 1. The van der Waals surface area contributed by atoms with Crippen LogP contribution in [0.4, 0.5) is 13.2 Å². The smallest absolute Gasteiger partial charge is 0.337 e. The molecule has 1 saturated heterocycles. The number of halogens is 3.